The Morgan fingerprint density at radius 3 is 1.12 bits per heavy atom. The third-order valence-corrected chi connectivity index (χ3v) is 38.0. The Morgan fingerprint density at radius 2 is 0.757 bits per heavy atom. The van der Waals surface area contributed by atoms with Crippen LogP contribution in [0.4, 0.5) is 59.2 Å². The van der Waals surface area contributed by atoms with Crippen molar-refractivity contribution in [1.82, 2.24) is 19.6 Å². The van der Waals surface area contributed by atoms with Gasteiger partial charge in [0.15, 0.2) is 5.11 Å². The molecule has 536 valence electrons. The number of carbonyl (C=O) groups excluding carboxylic acids is 5. The Balaban J connectivity index is 0.000000118. The molecular formula is C82H65IN8O5S2Se9. The Hall–Kier alpha value is -6.50. The molecule has 6 aliphatic rings. The minimum absolute atomic E-state index is 0.0280. The molecule has 0 unspecified atom stereocenters. The molecule has 0 atom stereocenters. The summed E-state index contributed by atoms with van der Waals surface area (Å²) in [5.41, 5.74) is 10.3. The molecule has 13 nitrogen and oxygen atoms in total. The Morgan fingerprint density at radius 1 is 0.393 bits per heavy atom. The summed E-state index contributed by atoms with van der Waals surface area (Å²) in [7, 11) is 6.41. The van der Waals surface area contributed by atoms with Crippen molar-refractivity contribution in [2.45, 2.75) is 12.8 Å². The number of amides is 4. The van der Waals surface area contributed by atoms with Gasteiger partial charge in [0, 0.05) is 14.1 Å². The molecule has 5 aromatic heterocycles. The number of rotatable bonds is 6. The van der Waals surface area contributed by atoms with Crippen molar-refractivity contribution in [3.8, 4) is 0 Å². The van der Waals surface area contributed by atoms with Gasteiger partial charge in [-0.05, 0) is 12.2 Å². The van der Waals surface area contributed by atoms with Crippen LogP contribution in [0, 0.1) is 8.36 Å². The topological polar surface area (TPSA) is 120 Å². The quantitative estimate of drug-likeness (QED) is 0.0566. The van der Waals surface area contributed by atoms with Gasteiger partial charge in [-0.25, -0.2) is 0 Å². The molecule has 6 aliphatic heterocycles. The number of hydrogen-bond acceptors (Lipinski definition) is 11. The average Bonchev–Trinajstić information content (AvgIpc) is 1.61. The monoisotopic (exact) mass is 2150 g/mol. The summed E-state index contributed by atoms with van der Waals surface area (Å²) < 4.78 is 18.8. The number of thiocarbonyl (C=S) groups is 2. The van der Waals surface area contributed by atoms with Crippen molar-refractivity contribution in [2.24, 2.45) is 5.92 Å². The SMILES string of the molecule is CN1C(=O)C(Cc2ccc(N3c4ccccc4[Se]c4ccccc43)[se]2)C(=O)N(C)C1=S.CN1C(=O)CC(=O)N(C)C1=S.Ic1ccc[se]1.O=Cc1ccc(N2c3ccccc3[Se]c3ccccc32)[se]1.c1c[se]c(N2c3ccccc3[Se]c3ccccc32)c1.c1cc[se]c1.c1ccc2c(c1)Nc1ccccc1[Se]2. The van der Waals surface area contributed by atoms with E-state index in [0.29, 0.717) is 94.8 Å². The van der Waals surface area contributed by atoms with Gasteiger partial charge in [0.2, 0.25) is 11.8 Å². The third-order valence-electron chi connectivity index (χ3n) is 16.9. The summed E-state index contributed by atoms with van der Waals surface area (Å²) in [6, 6.07) is 90.2. The third kappa shape index (κ3) is 18.8. The minimum atomic E-state index is -0.702. The number of fused-ring (bicyclic) bond motifs is 8. The Labute approximate surface area is 702 Å². The fraction of sp³-hybridized carbons (Fsp3) is 0.0854. The summed E-state index contributed by atoms with van der Waals surface area (Å²) in [5.74, 6) is -1.60. The van der Waals surface area contributed by atoms with Crippen LogP contribution in [0.1, 0.15) is 20.1 Å². The Kier molecular flexibility index (Phi) is 27.5. The van der Waals surface area contributed by atoms with Crippen molar-refractivity contribution in [3.05, 3.63) is 286 Å². The number of para-hydroxylation sites is 8. The van der Waals surface area contributed by atoms with Crippen molar-refractivity contribution in [3.63, 3.8) is 0 Å². The van der Waals surface area contributed by atoms with E-state index in [1.54, 1.807) is 28.2 Å². The van der Waals surface area contributed by atoms with Gasteiger partial charge in [-0.1, -0.05) is 0 Å². The fourth-order valence-corrected chi connectivity index (χ4v) is 29.2. The molecule has 25 heteroatoms. The molecule has 0 spiro atoms. The molecule has 13 aromatic rings. The number of nitrogens with zero attached hydrogens (tertiary/aromatic N) is 7. The first-order valence-electron chi connectivity index (χ1n) is 33.2. The molecule has 4 amide bonds. The van der Waals surface area contributed by atoms with Gasteiger partial charge in [-0.2, -0.15) is 0 Å². The molecule has 2 saturated heterocycles. The van der Waals surface area contributed by atoms with Crippen LogP contribution in [0.5, 0.6) is 0 Å². The van der Waals surface area contributed by atoms with E-state index in [-0.39, 0.29) is 84.2 Å². The van der Waals surface area contributed by atoms with E-state index in [4.69, 9.17) is 24.4 Å². The average molecular weight is 2140 g/mol. The number of benzene rings is 8. The predicted octanol–water partition coefficient (Wildman–Crippen LogP) is 8.81. The van der Waals surface area contributed by atoms with E-state index in [1.165, 1.54) is 117 Å². The molecule has 2 fully saturated rings. The first kappa shape index (κ1) is 78.6. The molecule has 0 aliphatic carbocycles. The molecular weight excluding hydrogens is 2080 g/mol. The van der Waals surface area contributed by atoms with Crippen LogP contribution in [-0.4, -0.2) is 220 Å². The van der Waals surface area contributed by atoms with E-state index < -0.39 is 5.92 Å². The summed E-state index contributed by atoms with van der Waals surface area (Å²) >= 11 is 15.8. The zero-order valence-electron chi connectivity index (χ0n) is 57.7. The molecule has 19 rings (SSSR count). The van der Waals surface area contributed by atoms with Crippen LogP contribution in [0.2, 0.25) is 0 Å². The Bertz CT molecular complexity index is 5060. The fourth-order valence-electron chi connectivity index (χ4n) is 11.6. The van der Waals surface area contributed by atoms with Gasteiger partial charge in [-0.15, -0.1) is 0 Å². The molecule has 1 N–H and O–H groups in total. The van der Waals surface area contributed by atoms with Gasteiger partial charge in [0.25, 0.3) is 0 Å². The molecule has 8 aromatic carbocycles. The maximum absolute atomic E-state index is 12.7. The van der Waals surface area contributed by atoms with Crippen molar-refractivity contribution < 1.29 is 24.0 Å². The van der Waals surface area contributed by atoms with E-state index in [2.05, 4.69) is 311 Å². The number of nitrogens with one attached hydrogen (secondary N) is 1. The van der Waals surface area contributed by atoms with Gasteiger partial charge in [0.05, 0.1) is 0 Å². The van der Waals surface area contributed by atoms with Gasteiger partial charge < -0.3 is 0 Å². The van der Waals surface area contributed by atoms with Crippen LogP contribution in [0.3, 0.4) is 0 Å². The van der Waals surface area contributed by atoms with E-state index in [0.717, 1.165) is 15.2 Å². The molecule has 107 heavy (non-hydrogen) atoms. The van der Waals surface area contributed by atoms with E-state index >= 15 is 0 Å². The zero-order chi connectivity index (χ0) is 74.5. The summed E-state index contributed by atoms with van der Waals surface area (Å²) in [5, 5.41) is 3.99. The second kappa shape index (κ2) is 37.5. The van der Waals surface area contributed by atoms with Crippen LogP contribution in [0.25, 0.3) is 0 Å². The van der Waals surface area contributed by atoms with Crippen LogP contribution >= 0.6 is 47.0 Å². The van der Waals surface area contributed by atoms with Gasteiger partial charge in [0.1, 0.15) is 6.42 Å². The first-order chi connectivity index (χ1) is 52.1. The van der Waals surface area contributed by atoms with Crippen molar-refractivity contribution >= 4 is 314 Å². The molecule has 0 radical (unpaired) electrons. The van der Waals surface area contributed by atoms with Crippen molar-refractivity contribution in [1.29, 1.82) is 0 Å². The summed E-state index contributed by atoms with van der Waals surface area (Å²) in [6.45, 7) is 0. The number of carbonyl (C=O) groups is 5. The number of hydrogen-bond donors (Lipinski definition) is 1. The first-order valence-corrected chi connectivity index (χ1v) is 51.1. The predicted molar refractivity (Wildman–Crippen MR) is 463 cm³/mol. The van der Waals surface area contributed by atoms with E-state index in [1.807, 2.05) is 6.07 Å². The normalized spacial score (nSPS) is 14.1. The number of aldehydes is 1. The van der Waals surface area contributed by atoms with Crippen LogP contribution in [0.15, 0.2) is 275 Å². The second-order valence-electron chi connectivity index (χ2n) is 23.7. The van der Waals surface area contributed by atoms with Gasteiger partial charge >= 0.3 is 642 Å². The summed E-state index contributed by atoms with van der Waals surface area (Å²) in [4.78, 5) is 79.9. The standard InChI is InChI=1S/C23H19N3O2SSe2.C17H11NOSe2.C16H11NSe2.C12H9NSe.C6H8N2O2S.C4H3ISe.C4H4Se/c1-24-21(27)15(22(28)25(2)23(24)29)13-14-11-12-20(30-14)26-16-7-3-5-9-18(16)31-19-10-6-4-8-17(19)26;19-11-12-9-10-17(20-12)18-13-5-1-3-7-15(13)21-16-8-4-2-6-14(16)18;1-3-8-14-12(6-1)17(16-10-5-11-18-16)13-7-2-4-9-15(13)19-14;1-3-7-11-9(5-1)13-10-6-2-4-8-12(10)14-11;1-7-4(9)3-5(10)8(2)6(7)11;5-4-2-1-3-6-4;1-2-4-5-3-1/h3-12,15H,13H2,1-2H3;1-11H;1-11H;1-8,13H;3H2,1-2H3;1-3H;1-4H. The van der Waals surface area contributed by atoms with E-state index in [9.17, 15) is 24.0 Å². The van der Waals surface area contributed by atoms with Crippen LogP contribution < -0.4 is 55.7 Å². The zero-order valence-corrected chi connectivity index (χ0v) is 76.9. The number of anilines is 11. The van der Waals surface area contributed by atoms with Gasteiger partial charge in [-0.3, -0.25) is 19.4 Å². The summed E-state index contributed by atoms with van der Waals surface area (Å²) in [6.07, 6.45) is 1.35. The molecule has 0 bridgehead atoms. The number of halogens is 1. The maximum atomic E-state index is 12.7. The second-order valence-corrected chi connectivity index (χ2v) is 46.7. The van der Waals surface area contributed by atoms with Crippen LogP contribution in [-0.2, 0) is 25.6 Å². The van der Waals surface area contributed by atoms with Crippen molar-refractivity contribution in [2.75, 3.05) is 48.2 Å². The molecule has 0 saturated carbocycles. The molecule has 11 heterocycles.